The SMILES string of the molecule is O=C(c1ccccc1[N+](=O)[O-])N1CCC(NCC2CC2)CC1. The van der Waals surface area contributed by atoms with E-state index < -0.39 is 4.92 Å². The monoisotopic (exact) mass is 303 g/mol. The molecule has 1 heterocycles. The van der Waals surface area contributed by atoms with Crippen LogP contribution >= 0.6 is 0 Å². The van der Waals surface area contributed by atoms with Gasteiger partial charge in [0.1, 0.15) is 5.56 Å². The van der Waals surface area contributed by atoms with Gasteiger partial charge < -0.3 is 10.2 Å². The smallest absolute Gasteiger partial charge is 0.282 e. The largest absolute Gasteiger partial charge is 0.338 e. The van der Waals surface area contributed by atoms with Crippen molar-refractivity contribution in [3.05, 3.63) is 39.9 Å². The molecule has 1 N–H and O–H groups in total. The number of likely N-dealkylation sites (tertiary alicyclic amines) is 1. The highest BCUT2D eigenvalue weighted by Gasteiger charge is 2.29. The maximum Gasteiger partial charge on any atom is 0.282 e. The second-order valence-corrected chi connectivity index (χ2v) is 6.19. The van der Waals surface area contributed by atoms with Crippen LogP contribution in [0.25, 0.3) is 0 Å². The quantitative estimate of drug-likeness (QED) is 0.668. The van der Waals surface area contributed by atoms with E-state index in [-0.39, 0.29) is 17.2 Å². The van der Waals surface area contributed by atoms with Gasteiger partial charge in [-0.1, -0.05) is 12.1 Å². The third-order valence-corrected chi connectivity index (χ3v) is 4.51. The van der Waals surface area contributed by atoms with Crippen LogP contribution in [0.5, 0.6) is 0 Å². The van der Waals surface area contributed by atoms with Gasteiger partial charge in [-0.05, 0) is 44.2 Å². The number of nitro benzene ring substituents is 1. The van der Waals surface area contributed by atoms with Gasteiger partial charge in [0.25, 0.3) is 11.6 Å². The second-order valence-electron chi connectivity index (χ2n) is 6.19. The van der Waals surface area contributed by atoms with Crippen molar-refractivity contribution in [2.24, 2.45) is 5.92 Å². The van der Waals surface area contributed by atoms with E-state index >= 15 is 0 Å². The highest BCUT2D eigenvalue weighted by atomic mass is 16.6. The Bertz CT molecular complexity index is 564. The summed E-state index contributed by atoms with van der Waals surface area (Å²) in [6, 6.07) is 6.65. The van der Waals surface area contributed by atoms with Gasteiger partial charge in [0.05, 0.1) is 4.92 Å². The predicted octanol–water partition coefficient (Wildman–Crippen LogP) is 2.20. The summed E-state index contributed by atoms with van der Waals surface area (Å²) >= 11 is 0. The molecule has 0 aromatic heterocycles. The standard InChI is InChI=1S/C16H21N3O3/c20-16(14-3-1-2-4-15(14)19(21)22)18-9-7-13(8-10-18)17-11-12-5-6-12/h1-4,12-13,17H,5-11H2. The molecule has 3 rings (SSSR count). The highest BCUT2D eigenvalue weighted by molar-refractivity contribution is 5.98. The maximum atomic E-state index is 12.5. The van der Waals surface area contributed by atoms with Crippen LogP contribution in [0.15, 0.2) is 24.3 Å². The number of benzene rings is 1. The molecule has 118 valence electrons. The average molecular weight is 303 g/mol. The number of nitrogens with one attached hydrogen (secondary N) is 1. The minimum atomic E-state index is -0.489. The first-order chi connectivity index (χ1) is 10.6. The molecule has 0 unspecified atom stereocenters. The lowest BCUT2D eigenvalue weighted by Crippen LogP contribution is -2.45. The Balaban J connectivity index is 1.58. The van der Waals surface area contributed by atoms with Crippen LogP contribution in [-0.4, -0.2) is 41.4 Å². The summed E-state index contributed by atoms with van der Waals surface area (Å²) in [6.45, 7) is 2.41. The van der Waals surface area contributed by atoms with Gasteiger partial charge in [0.2, 0.25) is 0 Å². The molecule has 22 heavy (non-hydrogen) atoms. The van der Waals surface area contributed by atoms with Crippen molar-refractivity contribution in [3.63, 3.8) is 0 Å². The van der Waals surface area contributed by atoms with E-state index in [0.29, 0.717) is 19.1 Å². The van der Waals surface area contributed by atoms with Crippen LogP contribution in [0.2, 0.25) is 0 Å². The summed E-state index contributed by atoms with van der Waals surface area (Å²) in [4.78, 5) is 24.8. The Morgan fingerprint density at radius 3 is 2.55 bits per heavy atom. The van der Waals surface area contributed by atoms with Crippen molar-refractivity contribution in [3.8, 4) is 0 Å². The number of nitro groups is 1. The molecular formula is C16H21N3O3. The van der Waals surface area contributed by atoms with Crippen LogP contribution in [-0.2, 0) is 0 Å². The summed E-state index contributed by atoms with van der Waals surface area (Å²) in [5.41, 5.74) is 0.0818. The summed E-state index contributed by atoms with van der Waals surface area (Å²) < 4.78 is 0. The first-order valence-electron chi connectivity index (χ1n) is 7.91. The number of carbonyl (C=O) groups is 1. The second kappa shape index (κ2) is 6.44. The topological polar surface area (TPSA) is 75.5 Å². The van der Waals surface area contributed by atoms with Crippen LogP contribution in [0.1, 0.15) is 36.0 Å². The van der Waals surface area contributed by atoms with Gasteiger partial charge in [-0.3, -0.25) is 14.9 Å². The molecular weight excluding hydrogens is 282 g/mol. The van der Waals surface area contributed by atoms with Crippen molar-refractivity contribution < 1.29 is 9.72 Å². The number of nitrogens with zero attached hydrogens (tertiary/aromatic N) is 2. The van der Waals surface area contributed by atoms with Crippen molar-refractivity contribution in [2.45, 2.75) is 31.7 Å². The molecule has 1 amide bonds. The molecule has 0 spiro atoms. The minimum absolute atomic E-state index is 0.110. The van der Waals surface area contributed by atoms with Gasteiger partial charge in [0, 0.05) is 25.2 Å². The minimum Gasteiger partial charge on any atom is -0.338 e. The van der Waals surface area contributed by atoms with Gasteiger partial charge in [-0.25, -0.2) is 0 Å². The fourth-order valence-electron chi connectivity index (χ4n) is 2.93. The fourth-order valence-corrected chi connectivity index (χ4v) is 2.93. The van der Waals surface area contributed by atoms with E-state index in [4.69, 9.17) is 0 Å². The van der Waals surface area contributed by atoms with Crippen LogP contribution in [0.3, 0.4) is 0 Å². The van der Waals surface area contributed by atoms with Crippen molar-refractivity contribution >= 4 is 11.6 Å². The molecule has 0 atom stereocenters. The highest BCUT2D eigenvalue weighted by Crippen LogP contribution is 2.28. The zero-order valence-electron chi connectivity index (χ0n) is 12.5. The molecule has 1 aliphatic carbocycles. The number of para-hydroxylation sites is 1. The summed E-state index contributed by atoms with van der Waals surface area (Å²) in [5, 5.41) is 14.6. The van der Waals surface area contributed by atoms with Crippen molar-refractivity contribution in [2.75, 3.05) is 19.6 Å². The Morgan fingerprint density at radius 1 is 1.23 bits per heavy atom. The first-order valence-corrected chi connectivity index (χ1v) is 7.91. The average Bonchev–Trinajstić information content (AvgIpc) is 3.37. The van der Waals surface area contributed by atoms with E-state index in [1.807, 2.05) is 0 Å². The van der Waals surface area contributed by atoms with E-state index in [1.165, 1.54) is 25.0 Å². The number of piperidine rings is 1. The van der Waals surface area contributed by atoms with Crippen molar-refractivity contribution in [1.82, 2.24) is 10.2 Å². The van der Waals surface area contributed by atoms with E-state index in [1.54, 1.807) is 17.0 Å². The Hall–Kier alpha value is -1.95. The number of hydrogen-bond acceptors (Lipinski definition) is 4. The van der Waals surface area contributed by atoms with E-state index in [0.717, 1.165) is 25.3 Å². The fraction of sp³-hybridized carbons (Fsp3) is 0.562. The zero-order chi connectivity index (χ0) is 15.5. The van der Waals surface area contributed by atoms with Gasteiger partial charge in [0.15, 0.2) is 0 Å². The van der Waals surface area contributed by atoms with Crippen LogP contribution in [0.4, 0.5) is 5.69 Å². The molecule has 6 heteroatoms. The number of carbonyl (C=O) groups excluding carboxylic acids is 1. The Morgan fingerprint density at radius 2 is 1.91 bits per heavy atom. The van der Waals surface area contributed by atoms with Crippen LogP contribution in [0, 0.1) is 16.0 Å². The predicted molar refractivity (Wildman–Crippen MR) is 82.7 cm³/mol. The Labute approximate surface area is 129 Å². The molecule has 1 aliphatic heterocycles. The third-order valence-electron chi connectivity index (χ3n) is 4.51. The van der Waals surface area contributed by atoms with Gasteiger partial charge >= 0.3 is 0 Å². The first kappa shape index (κ1) is 15.0. The lowest BCUT2D eigenvalue weighted by molar-refractivity contribution is -0.385. The molecule has 1 saturated heterocycles. The van der Waals surface area contributed by atoms with Crippen molar-refractivity contribution in [1.29, 1.82) is 0 Å². The Kier molecular flexibility index (Phi) is 4.38. The van der Waals surface area contributed by atoms with E-state index in [2.05, 4.69) is 5.32 Å². The molecule has 2 aliphatic rings. The summed E-state index contributed by atoms with van der Waals surface area (Å²) in [6.07, 6.45) is 4.50. The molecule has 1 saturated carbocycles. The number of amides is 1. The maximum absolute atomic E-state index is 12.5. The molecule has 0 radical (unpaired) electrons. The van der Waals surface area contributed by atoms with Crippen LogP contribution < -0.4 is 5.32 Å². The molecule has 0 bridgehead atoms. The lowest BCUT2D eigenvalue weighted by atomic mass is 10.0. The lowest BCUT2D eigenvalue weighted by Gasteiger charge is -2.32. The molecule has 2 fully saturated rings. The van der Waals surface area contributed by atoms with E-state index in [9.17, 15) is 14.9 Å². The molecule has 1 aromatic rings. The van der Waals surface area contributed by atoms with Gasteiger partial charge in [-0.15, -0.1) is 0 Å². The molecule has 1 aromatic carbocycles. The zero-order valence-corrected chi connectivity index (χ0v) is 12.5. The number of rotatable bonds is 5. The molecule has 6 nitrogen and oxygen atoms in total. The summed E-state index contributed by atoms with van der Waals surface area (Å²) in [5.74, 6) is 0.625. The third kappa shape index (κ3) is 3.44. The summed E-state index contributed by atoms with van der Waals surface area (Å²) in [7, 11) is 0. The van der Waals surface area contributed by atoms with Gasteiger partial charge in [-0.2, -0.15) is 0 Å². The number of hydrogen-bond donors (Lipinski definition) is 1. The normalized spacial score (nSPS) is 19.2.